The summed E-state index contributed by atoms with van der Waals surface area (Å²) in [7, 11) is 0. The fourth-order valence-corrected chi connectivity index (χ4v) is 6.07. The van der Waals surface area contributed by atoms with Crippen LogP contribution in [-0.2, 0) is 0 Å². The van der Waals surface area contributed by atoms with Gasteiger partial charge in [-0.1, -0.05) is 12.1 Å². The Morgan fingerprint density at radius 1 is 1.12 bits per heavy atom. The summed E-state index contributed by atoms with van der Waals surface area (Å²) in [6.07, 6.45) is 4.26. The number of nitrogens with zero attached hydrogens (tertiary/aromatic N) is 5. The van der Waals surface area contributed by atoms with Crippen molar-refractivity contribution in [3.63, 3.8) is 0 Å². The summed E-state index contributed by atoms with van der Waals surface area (Å²) >= 11 is 1.58. The van der Waals surface area contributed by atoms with Gasteiger partial charge in [0.05, 0.1) is 5.69 Å². The lowest BCUT2D eigenvalue weighted by molar-refractivity contribution is -0.0498. The fraction of sp³-hybridized carbons (Fsp3) is 0.375. The number of anilines is 2. The van der Waals surface area contributed by atoms with Crippen LogP contribution < -0.4 is 15.0 Å². The van der Waals surface area contributed by atoms with Crippen molar-refractivity contribution in [3.05, 3.63) is 54.4 Å². The van der Waals surface area contributed by atoms with Crippen molar-refractivity contribution in [2.45, 2.75) is 32.4 Å². The summed E-state index contributed by atoms with van der Waals surface area (Å²) in [5.74, 6) is 1.82. The van der Waals surface area contributed by atoms with Crippen LogP contribution >= 0.6 is 11.5 Å². The molecule has 2 fully saturated rings. The molecule has 2 unspecified atom stereocenters. The van der Waals surface area contributed by atoms with Gasteiger partial charge in [0.1, 0.15) is 10.8 Å². The Kier molecular flexibility index (Phi) is 5.32. The van der Waals surface area contributed by atoms with Gasteiger partial charge in [0.15, 0.2) is 5.65 Å². The molecule has 34 heavy (non-hydrogen) atoms. The second-order valence-electron chi connectivity index (χ2n) is 9.01. The minimum Gasteiger partial charge on any atom is -0.435 e. The number of hydrogen-bond donors (Lipinski definition) is 1. The van der Waals surface area contributed by atoms with Gasteiger partial charge in [-0.25, -0.2) is 4.52 Å². The number of aryl methyl sites for hydroxylation is 1. The van der Waals surface area contributed by atoms with E-state index in [1.807, 2.05) is 25.3 Å². The third kappa shape index (κ3) is 3.96. The summed E-state index contributed by atoms with van der Waals surface area (Å²) < 4.78 is 35.6. The maximum Gasteiger partial charge on any atom is 0.387 e. The van der Waals surface area contributed by atoms with Crippen molar-refractivity contribution in [2.24, 2.45) is 11.8 Å². The molecule has 0 radical (unpaired) electrons. The molecule has 2 aliphatic rings. The topological polar surface area (TPSA) is 67.6 Å². The molecule has 1 N–H and O–H groups in total. The number of alkyl halides is 2. The maximum absolute atomic E-state index is 12.5. The monoisotopic (exact) mass is 482 g/mol. The molecule has 1 saturated heterocycles. The molecule has 2 atom stereocenters. The van der Waals surface area contributed by atoms with Crippen LogP contribution in [0.1, 0.15) is 18.5 Å². The Labute approximate surface area is 199 Å². The van der Waals surface area contributed by atoms with E-state index in [-0.39, 0.29) is 5.75 Å². The molecule has 3 aromatic heterocycles. The second-order valence-corrected chi connectivity index (χ2v) is 9.79. The van der Waals surface area contributed by atoms with Gasteiger partial charge in [-0.3, -0.25) is 0 Å². The average molecular weight is 483 g/mol. The van der Waals surface area contributed by atoms with Crippen LogP contribution in [0.2, 0.25) is 0 Å². The van der Waals surface area contributed by atoms with Crippen molar-refractivity contribution in [1.29, 1.82) is 0 Å². The third-order valence-corrected chi connectivity index (χ3v) is 7.75. The molecule has 1 aliphatic heterocycles. The number of benzene rings is 1. The Hall–Kier alpha value is -3.27. The molecular formula is C24H24F2N6OS. The highest BCUT2D eigenvalue weighted by Gasteiger charge is 2.43. The number of piperidine rings is 1. The number of halogens is 2. The van der Waals surface area contributed by atoms with Gasteiger partial charge < -0.3 is 15.0 Å². The summed E-state index contributed by atoms with van der Waals surface area (Å²) in [6, 6.07) is 13.0. The predicted octanol–water partition coefficient (Wildman–Crippen LogP) is 5.09. The van der Waals surface area contributed by atoms with Gasteiger partial charge in [0.25, 0.3) is 0 Å². The highest BCUT2D eigenvalue weighted by Crippen LogP contribution is 2.41. The van der Waals surface area contributed by atoms with E-state index < -0.39 is 6.61 Å². The van der Waals surface area contributed by atoms with Crippen LogP contribution in [0.25, 0.3) is 16.8 Å². The number of nitrogens with one attached hydrogen (secondary N) is 1. The molecule has 4 aromatic rings. The number of pyridine rings is 1. The van der Waals surface area contributed by atoms with Gasteiger partial charge in [-0.15, -0.1) is 5.10 Å². The highest BCUT2D eigenvalue weighted by molar-refractivity contribution is 7.10. The zero-order valence-corrected chi connectivity index (χ0v) is 19.4. The lowest BCUT2D eigenvalue weighted by atomic mass is 9.92. The van der Waals surface area contributed by atoms with Crippen LogP contribution in [0.15, 0.2) is 48.7 Å². The van der Waals surface area contributed by atoms with Crippen LogP contribution in [0.4, 0.5) is 19.7 Å². The minimum atomic E-state index is -2.84. The average Bonchev–Trinajstić information content (AvgIpc) is 3.49. The second kappa shape index (κ2) is 8.50. The molecule has 6 rings (SSSR count). The number of hydrogen-bond acceptors (Lipinski definition) is 7. The summed E-state index contributed by atoms with van der Waals surface area (Å²) in [6.45, 7) is 1.23. The van der Waals surface area contributed by atoms with E-state index in [9.17, 15) is 8.78 Å². The van der Waals surface area contributed by atoms with E-state index >= 15 is 0 Å². The number of fused-ring (bicyclic) bond motifs is 3. The van der Waals surface area contributed by atoms with Gasteiger partial charge >= 0.3 is 6.61 Å². The number of aromatic nitrogens is 4. The molecule has 4 heterocycles. The lowest BCUT2D eigenvalue weighted by Gasteiger charge is -2.38. The van der Waals surface area contributed by atoms with Crippen molar-refractivity contribution in [2.75, 3.05) is 23.3 Å². The van der Waals surface area contributed by atoms with Crippen molar-refractivity contribution >= 4 is 28.1 Å². The lowest BCUT2D eigenvalue weighted by Crippen LogP contribution is -2.48. The quantitative estimate of drug-likeness (QED) is 0.413. The van der Waals surface area contributed by atoms with E-state index in [0.717, 1.165) is 35.6 Å². The fourth-order valence-electron chi connectivity index (χ4n) is 5.30. The molecule has 7 nitrogen and oxygen atoms in total. The van der Waals surface area contributed by atoms with Gasteiger partial charge in [0, 0.05) is 30.9 Å². The first-order valence-electron chi connectivity index (χ1n) is 11.4. The normalized spacial score (nSPS) is 22.0. The zero-order valence-electron chi connectivity index (χ0n) is 18.6. The predicted molar refractivity (Wildman–Crippen MR) is 128 cm³/mol. The van der Waals surface area contributed by atoms with Crippen molar-refractivity contribution < 1.29 is 13.5 Å². The third-order valence-electron chi connectivity index (χ3n) is 6.81. The molecule has 10 heteroatoms. The molecule has 1 saturated carbocycles. The van der Waals surface area contributed by atoms with E-state index in [0.29, 0.717) is 23.8 Å². The SMILES string of the molecule is Cc1cc(N2CC3CCC(C2)C3Nc2nc3c(-c4ccc(OC(F)F)cc4)cccn3n2)sn1. The smallest absolute Gasteiger partial charge is 0.387 e. The van der Waals surface area contributed by atoms with Gasteiger partial charge in [0.2, 0.25) is 5.95 Å². The molecule has 0 amide bonds. The molecule has 1 aliphatic carbocycles. The molecule has 176 valence electrons. The van der Waals surface area contributed by atoms with E-state index in [1.54, 1.807) is 28.2 Å². The van der Waals surface area contributed by atoms with Crippen molar-refractivity contribution in [3.8, 4) is 16.9 Å². The Balaban J connectivity index is 1.22. The first-order chi connectivity index (χ1) is 16.5. The summed E-state index contributed by atoms with van der Waals surface area (Å²) in [5, 5.41) is 9.57. The summed E-state index contributed by atoms with van der Waals surface area (Å²) in [5.41, 5.74) is 3.54. The maximum atomic E-state index is 12.5. The van der Waals surface area contributed by atoms with Crippen LogP contribution in [-0.4, -0.2) is 44.7 Å². The first kappa shape index (κ1) is 21.3. The minimum absolute atomic E-state index is 0.129. The number of rotatable bonds is 6. The zero-order chi connectivity index (χ0) is 23.2. The molecular weight excluding hydrogens is 458 g/mol. The standard InChI is InChI=1S/C24H24F2N6OS/c1-14-11-20(34-30-14)31-12-16-4-5-17(13-31)21(16)27-24-28-22-19(3-2-10-32(22)29-24)15-6-8-18(9-7-15)33-23(25)26/h2-3,6-11,16-17,21,23H,4-5,12-13H2,1H3,(H,27,29). The van der Waals surface area contributed by atoms with Gasteiger partial charge in [-0.05, 0) is 79.0 Å². The Morgan fingerprint density at radius 2 is 1.88 bits per heavy atom. The Bertz CT molecular complexity index is 1290. The summed E-state index contributed by atoms with van der Waals surface area (Å²) in [4.78, 5) is 7.27. The van der Waals surface area contributed by atoms with Crippen LogP contribution in [0.3, 0.4) is 0 Å². The molecule has 1 aromatic carbocycles. The van der Waals surface area contributed by atoms with Crippen molar-refractivity contribution in [1.82, 2.24) is 19.0 Å². The van der Waals surface area contributed by atoms with Crippen LogP contribution in [0, 0.1) is 18.8 Å². The first-order valence-corrected chi connectivity index (χ1v) is 12.2. The van der Waals surface area contributed by atoms with E-state index in [1.165, 1.54) is 30.0 Å². The van der Waals surface area contributed by atoms with E-state index in [2.05, 4.69) is 30.5 Å². The van der Waals surface area contributed by atoms with Crippen LogP contribution in [0.5, 0.6) is 5.75 Å². The molecule has 0 spiro atoms. The highest BCUT2D eigenvalue weighted by atomic mass is 32.1. The largest absolute Gasteiger partial charge is 0.435 e. The van der Waals surface area contributed by atoms with Gasteiger partial charge in [-0.2, -0.15) is 18.1 Å². The molecule has 2 bridgehead atoms. The Morgan fingerprint density at radius 3 is 2.56 bits per heavy atom. The number of ether oxygens (including phenoxy) is 1. The van der Waals surface area contributed by atoms with E-state index in [4.69, 9.17) is 4.98 Å².